The molecule has 90 valence electrons. The smallest absolute Gasteiger partial charge is 0.145 e. The molecule has 16 heavy (non-hydrogen) atoms. The first-order valence-electron chi connectivity index (χ1n) is 5.86. The molecular formula is C12H21N3O. The van der Waals surface area contributed by atoms with E-state index >= 15 is 0 Å². The van der Waals surface area contributed by atoms with E-state index in [4.69, 9.17) is 4.74 Å². The molecule has 0 aliphatic rings. The van der Waals surface area contributed by atoms with Crippen molar-refractivity contribution in [1.29, 1.82) is 0 Å². The number of hydrogen-bond donors (Lipinski definition) is 1. The van der Waals surface area contributed by atoms with Gasteiger partial charge in [0.25, 0.3) is 0 Å². The summed E-state index contributed by atoms with van der Waals surface area (Å²) in [6.45, 7) is 7.81. The number of rotatable bonds is 7. The van der Waals surface area contributed by atoms with E-state index in [0.29, 0.717) is 0 Å². The van der Waals surface area contributed by atoms with E-state index in [1.54, 1.807) is 12.4 Å². The lowest BCUT2D eigenvalue weighted by Gasteiger charge is -2.17. The van der Waals surface area contributed by atoms with Gasteiger partial charge in [0.1, 0.15) is 5.82 Å². The molecule has 0 aromatic carbocycles. The molecule has 1 atom stereocenters. The van der Waals surface area contributed by atoms with Crippen molar-refractivity contribution in [2.24, 2.45) is 0 Å². The van der Waals surface area contributed by atoms with Gasteiger partial charge in [-0.2, -0.15) is 0 Å². The second kappa shape index (κ2) is 7.30. The SMILES string of the molecule is CCNC(CCOC(C)C)c1ncccn1. The molecule has 0 fully saturated rings. The predicted octanol–water partition coefficient (Wildman–Crippen LogP) is 1.94. The summed E-state index contributed by atoms with van der Waals surface area (Å²) in [6.07, 6.45) is 4.72. The molecule has 0 aliphatic carbocycles. The molecule has 4 nitrogen and oxygen atoms in total. The number of aromatic nitrogens is 2. The molecule has 0 bridgehead atoms. The Morgan fingerprint density at radius 3 is 2.56 bits per heavy atom. The normalized spacial score (nSPS) is 13.0. The fraction of sp³-hybridized carbons (Fsp3) is 0.667. The van der Waals surface area contributed by atoms with Crippen molar-refractivity contribution in [3.8, 4) is 0 Å². The summed E-state index contributed by atoms with van der Waals surface area (Å²) in [6, 6.07) is 2.02. The van der Waals surface area contributed by atoms with Crippen LogP contribution in [0.25, 0.3) is 0 Å². The van der Waals surface area contributed by atoms with Crippen molar-refractivity contribution in [2.45, 2.75) is 39.3 Å². The van der Waals surface area contributed by atoms with Gasteiger partial charge in [-0.3, -0.25) is 0 Å². The Balaban J connectivity index is 2.48. The molecular weight excluding hydrogens is 202 g/mol. The van der Waals surface area contributed by atoms with Gasteiger partial charge in [0.15, 0.2) is 0 Å². The fourth-order valence-corrected chi connectivity index (χ4v) is 1.48. The molecule has 1 N–H and O–H groups in total. The highest BCUT2D eigenvalue weighted by Gasteiger charge is 2.12. The molecule has 1 heterocycles. The minimum atomic E-state index is 0.185. The Hall–Kier alpha value is -1.00. The van der Waals surface area contributed by atoms with Gasteiger partial charge in [0.05, 0.1) is 12.1 Å². The quantitative estimate of drug-likeness (QED) is 0.767. The molecule has 1 aromatic rings. The predicted molar refractivity (Wildman–Crippen MR) is 64.2 cm³/mol. The minimum absolute atomic E-state index is 0.185. The van der Waals surface area contributed by atoms with E-state index in [1.165, 1.54) is 0 Å². The zero-order chi connectivity index (χ0) is 11.8. The molecule has 0 radical (unpaired) electrons. The first-order valence-corrected chi connectivity index (χ1v) is 5.86. The van der Waals surface area contributed by atoms with E-state index in [-0.39, 0.29) is 12.1 Å². The average Bonchev–Trinajstić information content (AvgIpc) is 2.29. The van der Waals surface area contributed by atoms with Crippen LogP contribution in [0.15, 0.2) is 18.5 Å². The van der Waals surface area contributed by atoms with Crippen molar-refractivity contribution in [3.63, 3.8) is 0 Å². The molecule has 1 unspecified atom stereocenters. The third-order valence-electron chi connectivity index (χ3n) is 2.21. The van der Waals surface area contributed by atoms with Crippen LogP contribution in [0.1, 0.15) is 39.1 Å². The highest BCUT2D eigenvalue weighted by Crippen LogP contribution is 2.11. The maximum atomic E-state index is 5.54. The molecule has 1 aromatic heterocycles. The summed E-state index contributed by atoms with van der Waals surface area (Å²) in [4.78, 5) is 8.53. The Labute approximate surface area is 97.5 Å². The lowest BCUT2D eigenvalue weighted by Crippen LogP contribution is -2.24. The molecule has 4 heteroatoms. The Bertz CT molecular complexity index is 277. The number of nitrogens with zero attached hydrogens (tertiary/aromatic N) is 2. The van der Waals surface area contributed by atoms with E-state index in [9.17, 15) is 0 Å². The first kappa shape index (κ1) is 13.1. The zero-order valence-corrected chi connectivity index (χ0v) is 10.3. The maximum Gasteiger partial charge on any atom is 0.145 e. The lowest BCUT2D eigenvalue weighted by atomic mass is 10.2. The van der Waals surface area contributed by atoms with Gasteiger partial charge in [-0.15, -0.1) is 0 Å². The number of ether oxygens (including phenoxy) is 1. The monoisotopic (exact) mass is 223 g/mol. The minimum Gasteiger partial charge on any atom is -0.379 e. The second-order valence-electron chi connectivity index (χ2n) is 3.93. The van der Waals surface area contributed by atoms with Gasteiger partial charge in [-0.05, 0) is 32.9 Å². The maximum absolute atomic E-state index is 5.54. The van der Waals surface area contributed by atoms with Crippen LogP contribution in [0.4, 0.5) is 0 Å². The van der Waals surface area contributed by atoms with E-state index in [2.05, 4.69) is 22.2 Å². The largest absolute Gasteiger partial charge is 0.379 e. The van der Waals surface area contributed by atoms with Crippen molar-refractivity contribution in [2.75, 3.05) is 13.2 Å². The lowest BCUT2D eigenvalue weighted by molar-refractivity contribution is 0.0710. The summed E-state index contributed by atoms with van der Waals surface area (Å²) in [5.74, 6) is 0.844. The van der Waals surface area contributed by atoms with Crippen molar-refractivity contribution in [3.05, 3.63) is 24.3 Å². The van der Waals surface area contributed by atoms with Gasteiger partial charge in [-0.25, -0.2) is 9.97 Å². The van der Waals surface area contributed by atoms with Crippen LogP contribution in [0.2, 0.25) is 0 Å². The van der Waals surface area contributed by atoms with Crippen LogP contribution in [-0.4, -0.2) is 29.2 Å². The van der Waals surface area contributed by atoms with Crippen molar-refractivity contribution >= 4 is 0 Å². The van der Waals surface area contributed by atoms with Crippen LogP contribution < -0.4 is 5.32 Å². The van der Waals surface area contributed by atoms with E-state index in [0.717, 1.165) is 25.4 Å². The van der Waals surface area contributed by atoms with Crippen LogP contribution in [-0.2, 0) is 4.74 Å². The summed E-state index contributed by atoms with van der Waals surface area (Å²) >= 11 is 0. The summed E-state index contributed by atoms with van der Waals surface area (Å²) in [5, 5.41) is 3.37. The molecule has 0 spiro atoms. The summed E-state index contributed by atoms with van der Waals surface area (Å²) < 4.78 is 5.54. The average molecular weight is 223 g/mol. The first-order chi connectivity index (χ1) is 7.74. The van der Waals surface area contributed by atoms with Crippen LogP contribution >= 0.6 is 0 Å². The standard InChI is InChI=1S/C12H21N3O/c1-4-13-11(6-9-16-10(2)3)12-14-7-5-8-15-12/h5,7-8,10-11,13H,4,6,9H2,1-3H3. The highest BCUT2D eigenvalue weighted by molar-refractivity contribution is 4.95. The van der Waals surface area contributed by atoms with Gasteiger partial charge in [0.2, 0.25) is 0 Å². The Morgan fingerprint density at radius 2 is 2.00 bits per heavy atom. The van der Waals surface area contributed by atoms with Gasteiger partial charge in [0, 0.05) is 19.0 Å². The zero-order valence-electron chi connectivity index (χ0n) is 10.3. The number of nitrogens with one attached hydrogen (secondary N) is 1. The third kappa shape index (κ3) is 4.68. The van der Waals surface area contributed by atoms with Crippen molar-refractivity contribution < 1.29 is 4.74 Å². The van der Waals surface area contributed by atoms with E-state index < -0.39 is 0 Å². The van der Waals surface area contributed by atoms with E-state index in [1.807, 2.05) is 19.9 Å². The fourth-order valence-electron chi connectivity index (χ4n) is 1.48. The third-order valence-corrected chi connectivity index (χ3v) is 2.21. The Morgan fingerprint density at radius 1 is 1.31 bits per heavy atom. The van der Waals surface area contributed by atoms with Crippen LogP contribution in [0, 0.1) is 0 Å². The summed E-state index contributed by atoms with van der Waals surface area (Å²) in [5.41, 5.74) is 0. The molecule has 0 saturated heterocycles. The van der Waals surface area contributed by atoms with Crippen LogP contribution in [0.5, 0.6) is 0 Å². The van der Waals surface area contributed by atoms with Gasteiger partial charge in [-0.1, -0.05) is 6.92 Å². The molecule has 0 amide bonds. The van der Waals surface area contributed by atoms with Crippen molar-refractivity contribution in [1.82, 2.24) is 15.3 Å². The Kier molecular flexibility index (Phi) is 5.96. The second-order valence-corrected chi connectivity index (χ2v) is 3.93. The molecule has 0 saturated carbocycles. The number of hydrogen-bond acceptors (Lipinski definition) is 4. The van der Waals surface area contributed by atoms with Gasteiger partial charge < -0.3 is 10.1 Å². The summed E-state index contributed by atoms with van der Waals surface area (Å²) in [7, 11) is 0. The topological polar surface area (TPSA) is 47.0 Å². The molecule has 0 aliphatic heterocycles. The molecule has 1 rings (SSSR count). The van der Waals surface area contributed by atoms with Gasteiger partial charge >= 0.3 is 0 Å². The van der Waals surface area contributed by atoms with Crippen LogP contribution in [0.3, 0.4) is 0 Å². The highest BCUT2D eigenvalue weighted by atomic mass is 16.5.